The molecule has 3 heteroatoms. The summed E-state index contributed by atoms with van der Waals surface area (Å²) in [6.45, 7) is 2.22. The molecule has 0 saturated carbocycles. The van der Waals surface area contributed by atoms with Crippen LogP contribution in [0.15, 0.2) is 42.5 Å². The van der Waals surface area contributed by atoms with Crippen LogP contribution in [0.3, 0.4) is 0 Å². The Hall–Kier alpha value is -2.03. The predicted octanol–water partition coefficient (Wildman–Crippen LogP) is 3.47. The van der Waals surface area contributed by atoms with E-state index >= 15 is 0 Å². The Morgan fingerprint density at radius 3 is 2.63 bits per heavy atom. The van der Waals surface area contributed by atoms with E-state index in [-0.39, 0.29) is 5.88 Å². The summed E-state index contributed by atoms with van der Waals surface area (Å²) in [4.78, 5) is 6.47. The van der Waals surface area contributed by atoms with E-state index in [1.807, 2.05) is 12.1 Å². The summed E-state index contributed by atoms with van der Waals surface area (Å²) in [6, 6.07) is 14.5. The van der Waals surface area contributed by atoms with E-state index in [1.54, 1.807) is 6.07 Å². The van der Waals surface area contributed by atoms with Gasteiger partial charge in [0.05, 0.1) is 6.04 Å². The molecule has 1 aromatic heterocycles. The van der Waals surface area contributed by atoms with Crippen molar-refractivity contribution in [1.82, 2.24) is 4.98 Å². The molecule has 1 N–H and O–H groups in total. The van der Waals surface area contributed by atoms with Gasteiger partial charge in [-0.25, -0.2) is 0 Å². The number of rotatable bonds is 1. The molecule has 0 spiro atoms. The Kier molecular flexibility index (Phi) is 2.90. The molecule has 98 valence electrons. The zero-order chi connectivity index (χ0) is 13.4. The van der Waals surface area contributed by atoms with Gasteiger partial charge in [-0.05, 0) is 29.5 Å². The van der Waals surface area contributed by atoms with Gasteiger partial charge in [-0.2, -0.15) is 4.98 Å². The van der Waals surface area contributed by atoms with Crippen molar-refractivity contribution in [2.45, 2.75) is 25.3 Å². The van der Waals surface area contributed by atoms with Crippen LogP contribution >= 0.6 is 0 Å². The lowest BCUT2D eigenvalue weighted by Gasteiger charge is -2.38. The first-order valence-electron chi connectivity index (χ1n) is 6.64. The molecule has 0 aliphatic carbocycles. The molecule has 19 heavy (non-hydrogen) atoms. The van der Waals surface area contributed by atoms with Gasteiger partial charge in [0.25, 0.3) is 0 Å². The molecule has 1 aliphatic heterocycles. The average molecular weight is 254 g/mol. The van der Waals surface area contributed by atoms with Crippen molar-refractivity contribution >= 4 is 5.82 Å². The molecule has 2 atom stereocenters. The van der Waals surface area contributed by atoms with Crippen molar-refractivity contribution in [3.8, 4) is 5.88 Å². The highest BCUT2D eigenvalue weighted by Crippen LogP contribution is 2.43. The Morgan fingerprint density at radius 1 is 1.16 bits per heavy atom. The van der Waals surface area contributed by atoms with Crippen molar-refractivity contribution in [1.29, 1.82) is 0 Å². The van der Waals surface area contributed by atoms with Crippen LogP contribution < -0.4 is 4.90 Å². The molecule has 0 bridgehead atoms. The summed E-state index contributed by atoms with van der Waals surface area (Å²) >= 11 is 0. The second kappa shape index (κ2) is 4.57. The van der Waals surface area contributed by atoms with E-state index in [9.17, 15) is 5.11 Å². The molecular formula is C16H18N2O. The number of benzene rings is 1. The molecule has 0 amide bonds. The van der Waals surface area contributed by atoms with Gasteiger partial charge < -0.3 is 10.0 Å². The Labute approximate surface area is 113 Å². The molecule has 0 saturated heterocycles. The molecule has 3 rings (SSSR count). The normalized spacial score (nSPS) is 22.1. The van der Waals surface area contributed by atoms with Crippen LogP contribution in [0.5, 0.6) is 5.88 Å². The second-order valence-electron chi connectivity index (χ2n) is 5.26. The first-order chi connectivity index (χ1) is 9.16. The van der Waals surface area contributed by atoms with Crippen LogP contribution in [-0.4, -0.2) is 17.1 Å². The highest BCUT2D eigenvalue weighted by Gasteiger charge is 2.30. The van der Waals surface area contributed by atoms with Crippen molar-refractivity contribution < 1.29 is 5.11 Å². The van der Waals surface area contributed by atoms with E-state index in [0.29, 0.717) is 12.0 Å². The highest BCUT2D eigenvalue weighted by molar-refractivity contribution is 5.54. The fourth-order valence-electron chi connectivity index (χ4n) is 2.92. The first-order valence-corrected chi connectivity index (χ1v) is 6.64. The lowest BCUT2D eigenvalue weighted by Crippen LogP contribution is -2.31. The SMILES string of the molecule is CC1CC(c2ccccc2)N(C)c2nc(O)ccc21. The monoisotopic (exact) mass is 254 g/mol. The summed E-state index contributed by atoms with van der Waals surface area (Å²) in [5, 5.41) is 9.61. The van der Waals surface area contributed by atoms with Gasteiger partial charge in [0, 0.05) is 13.1 Å². The van der Waals surface area contributed by atoms with Gasteiger partial charge in [0.15, 0.2) is 0 Å². The highest BCUT2D eigenvalue weighted by atomic mass is 16.3. The molecular weight excluding hydrogens is 236 g/mol. The van der Waals surface area contributed by atoms with Crippen molar-refractivity contribution in [3.63, 3.8) is 0 Å². The third kappa shape index (κ3) is 2.05. The molecule has 0 fully saturated rings. The number of aromatic hydroxyl groups is 1. The maximum atomic E-state index is 9.61. The van der Waals surface area contributed by atoms with E-state index in [0.717, 1.165) is 12.2 Å². The zero-order valence-electron chi connectivity index (χ0n) is 11.2. The van der Waals surface area contributed by atoms with Gasteiger partial charge in [0.1, 0.15) is 5.82 Å². The lowest BCUT2D eigenvalue weighted by molar-refractivity contribution is 0.445. The van der Waals surface area contributed by atoms with E-state index in [4.69, 9.17) is 0 Å². The number of pyridine rings is 1. The predicted molar refractivity (Wildman–Crippen MR) is 76.5 cm³/mol. The van der Waals surface area contributed by atoms with Gasteiger partial charge >= 0.3 is 0 Å². The summed E-state index contributed by atoms with van der Waals surface area (Å²) in [7, 11) is 2.05. The van der Waals surface area contributed by atoms with Gasteiger partial charge in [-0.3, -0.25) is 0 Å². The molecule has 0 radical (unpaired) electrons. The molecule has 1 aromatic carbocycles. The van der Waals surface area contributed by atoms with Crippen LogP contribution in [0.1, 0.15) is 36.4 Å². The maximum Gasteiger partial charge on any atom is 0.212 e. The Balaban J connectivity index is 2.04. The quantitative estimate of drug-likeness (QED) is 0.846. The Bertz CT molecular complexity index is 583. The van der Waals surface area contributed by atoms with Crippen LogP contribution in [0.4, 0.5) is 5.82 Å². The summed E-state index contributed by atoms with van der Waals surface area (Å²) < 4.78 is 0. The summed E-state index contributed by atoms with van der Waals surface area (Å²) in [5.41, 5.74) is 2.51. The van der Waals surface area contributed by atoms with E-state index in [2.05, 4.69) is 48.1 Å². The van der Waals surface area contributed by atoms with E-state index in [1.165, 1.54) is 11.1 Å². The van der Waals surface area contributed by atoms with Crippen LogP contribution in [0, 0.1) is 0 Å². The maximum absolute atomic E-state index is 9.61. The van der Waals surface area contributed by atoms with Crippen molar-refractivity contribution in [2.75, 3.05) is 11.9 Å². The Morgan fingerprint density at radius 2 is 1.89 bits per heavy atom. The number of hydrogen-bond donors (Lipinski definition) is 1. The van der Waals surface area contributed by atoms with Crippen LogP contribution in [-0.2, 0) is 0 Å². The minimum atomic E-state index is 0.0894. The number of hydrogen-bond acceptors (Lipinski definition) is 3. The van der Waals surface area contributed by atoms with Crippen LogP contribution in [0.2, 0.25) is 0 Å². The number of fused-ring (bicyclic) bond motifs is 1. The standard InChI is InChI=1S/C16H18N2O/c1-11-10-14(12-6-4-3-5-7-12)18(2)16-13(11)8-9-15(19)17-16/h3-9,11,14H,10H2,1-2H3,(H,17,19). The van der Waals surface area contributed by atoms with Gasteiger partial charge in [-0.1, -0.05) is 37.3 Å². The minimum absolute atomic E-state index is 0.0894. The number of nitrogens with zero attached hydrogens (tertiary/aromatic N) is 2. The number of anilines is 1. The largest absolute Gasteiger partial charge is 0.493 e. The molecule has 1 aliphatic rings. The average Bonchev–Trinajstić information content (AvgIpc) is 2.43. The molecule has 2 aromatic rings. The lowest BCUT2D eigenvalue weighted by atomic mass is 9.86. The minimum Gasteiger partial charge on any atom is -0.493 e. The smallest absolute Gasteiger partial charge is 0.212 e. The van der Waals surface area contributed by atoms with Gasteiger partial charge in [-0.15, -0.1) is 0 Å². The number of aromatic nitrogens is 1. The molecule has 3 nitrogen and oxygen atoms in total. The van der Waals surface area contributed by atoms with Gasteiger partial charge in [0.2, 0.25) is 5.88 Å². The third-order valence-electron chi connectivity index (χ3n) is 3.98. The van der Waals surface area contributed by atoms with Crippen molar-refractivity contribution in [3.05, 3.63) is 53.6 Å². The van der Waals surface area contributed by atoms with Crippen molar-refractivity contribution in [2.24, 2.45) is 0 Å². The molecule has 2 unspecified atom stereocenters. The van der Waals surface area contributed by atoms with E-state index < -0.39 is 0 Å². The first kappa shape index (κ1) is 12.0. The van der Waals surface area contributed by atoms with Crippen LogP contribution in [0.25, 0.3) is 0 Å². The summed E-state index contributed by atoms with van der Waals surface area (Å²) in [6.07, 6.45) is 1.07. The fraction of sp³-hybridized carbons (Fsp3) is 0.312. The fourth-order valence-corrected chi connectivity index (χ4v) is 2.92. The topological polar surface area (TPSA) is 36.4 Å². The summed E-state index contributed by atoms with van der Waals surface area (Å²) in [5.74, 6) is 1.43. The third-order valence-corrected chi connectivity index (χ3v) is 3.98. The second-order valence-corrected chi connectivity index (χ2v) is 5.26. The molecule has 2 heterocycles. The zero-order valence-corrected chi connectivity index (χ0v) is 11.2.